The highest BCUT2D eigenvalue weighted by molar-refractivity contribution is 7.92. The Hall–Kier alpha value is -2.43. The zero-order chi connectivity index (χ0) is 26.5. The number of nitrogens with zero attached hydrogens (tertiary/aromatic N) is 2. The molecule has 192 valence electrons. The van der Waals surface area contributed by atoms with Gasteiger partial charge in [0.05, 0.1) is 22.0 Å². The number of anilines is 1. The highest BCUT2D eigenvalue weighted by atomic mass is 35.5. The number of rotatable bonds is 10. The first-order chi connectivity index (χ1) is 16.2. The van der Waals surface area contributed by atoms with Crippen molar-refractivity contribution >= 4 is 50.7 Å². The molecular formula is C23H27Cl2F2N3O4S. The minimum Gasteiger partial charge on any atom is -0.354 e. The summed E-state index contributed by atoms with van der Waals surface area (Å²) in [6, 6.07) is 6.21. The van der Waals surface area contributed by atoms with E-state index in [4.69, 9.17) is 23.2 Å². The summed E-state index contributed by atoms with van der Waals surface area (Å²) in [7, 11) is -4.07. The van der Waals surface area contributed by atoms with Crippen molar-refractivity contribution in [2.45, 2.75) is 33.4 Å². The van der Waals surface area contributed by atoms with Gasteiger partial charge >= 0.3 is 0 Å². The van der Waals surface area contributed by atoms with Gasteiger partial charge in [0.15, 0.2) is 11.6 Å². The van der Waals surface area contributed by atoms with Gasteiger partial charge in [0.25, 0.3) is 0 Å². The Bertz CT molecular complexity index is 1200. The molecule has 2 amide bonds. The Kier molecular flexibility index (Phi) is 9.88. The number of carbonyl (C=O) groups is 2. The van der Waals surface area contributed by atoms with Gasteiger partial charge in [0, 0.05) is 19.2 Å². The van der Waals surface area contributed by atoms with Gasteiger partial charge in [-0.1, -0.05) is 43.1 Å². The molecule has 2 rings (SSSR count). The lowest BCUT2D eigenvalue weighted by Crippen LogP contribution is -2.51. The minimum absolute atomic E-state index is 0.0820. The summed E-state index contributed by atoms with van der Waals surface area (Å²) in [4.78, 5) is 27.3. The fraction of sp³-hybridized carbons (Fsp3) is 0.391. The van der Waals surface area contributed by atoms with Crippen molar-refractivity contribution in [3.63, 3.8) is 0 Å². The van der Waals surface area contributed by atoms with Crippen LogP contribution in [0.25, 0.3) is 0 Å². The molecule has 0 saturated carbocycles. The smallest absolute Gasteiger partial charge is 0.244 e. The molecule has 1 unspecified atom stereocenters. The molecule has 1 atom stereocenters. The maximum absolute atomic E-state index is 13.8. The van der Waals surface area contributed by atoms with E-state index in [2.05, 4.69) is 5.32 Å². The number of amides is 2. The Morgan fingerprint density at radius 1 is 1.00 bits per heavy atom. The molecule has 0 aliphatic carbocycles. The van der Waals surface area contributed by atoms with Crippen LogP contribution in [0.1, 0.15) is 26.3 Å². The number of carbonyl (C=O) groups excluding carboxylic acids is 2. The maximum Gasteiger partial charge on any atom is 0.244 e. The van der Waals surface area contributed by atoms with Crippen molar-refractivity contribution in [1.82, 2.24) is 10.2 Å². The van der Waals surface area contributed by atoms with E-state index in [1.165, 1.54) is 24.0 Å². The molecule has 0 spiro atoms. The standard InChI is InChI=1S/C23H27Cl2F2N3O4S/c1-14(2)11-28-23(32)15(3)29(12-16-5-7-18(24)19(25)9-16)22(31)13-30(35(4,33)34)17-6-8-20(26)21(27)10-17/h5-10,14-15H,11-13H2,1-4H3,(H,28,32). The third kappa shape index (κ3) is 8.05. The Morgan fingerprint density at radius 2 is 1.66 bits per heavy atom. The van der Waals surface area contributed by atoms with Gasteiger partial charge in [0.2, 0.25) is 21.8 Å². The summed E-state index contributed by atoms with van der Waals surface area (Å²) >= 11 is 12.1. The van der Waals surface area contributed by atoms with Gasteiger partial charge in [-0.05, 0) is 42.7 Å². The molecule has 7 nitrogen and oxygen atoms in total. The fourth-order valence-electron chi connectivity index (χ4n) is 3.12. The molecule has 0 aromatic heterocycles. The second-order valence-corrected chi connectivity index (χ2v) is 11.2. The molecule has 0 aliphatic heterocycles. The average Bonchev–Trinajstić information content (AvgIpc) is 2.77. The summed E-state index contributed by atoms with van der Waals surface area (Å²) < 4.78 is 52.7. The predicted octanol–water partition coefficient (Wildman–Crippen LogP) is 4.23. The summed E-state index contributed by atoms with van der Waals surface area (Å²) in [5.41, 5.74) is 0.321. The van der Waals surface area contributed by atoms with Crippen LogP contribution >= 0.6 is 23.2 Å². The van der Waals surface area contributed by atoms with Crippen LogP contribution in [-0.2, 0) is 26.2 Å². The van der Waals surface area contributed by atoms with Crippen LogP contribution in [0.4, 0.5) is 14.5 Å². The maximum atomic E-state index is 13.8. The van der Waals surface area contributed by atoms with Crippen LogP contribution in [-0.4, -0.2) is 50.5 Å². The van der Waals surface area contributed by atoms with Crippen molar-refractivity contribution in [1.29, 1.82) is 0 Å². The molecule has 0 heterocycles. The lowest BCUT2D eigenvalue weighted by atomic mass is 10.1. The van der Waals surface area contributed by atoms with Crippen molar-refractivity contribution in [2.24, 2.45) is 5.92 Å². The van der Waals surface area contributed by atoms with E-state index in [9.17, 15) is 26.8 Å². The first-order valence-corrected chi connectivity index (χ1v) is 13.2. The Balaban J connectivity index is 2.41. The Morgan fingerprint density at radius 3 is 2.20 bits per heavy atom. The minimum atomic E-state index is -4.07. The third-order valence-corrected chi connectivity index (χ3v) is 6.94. The molecule has 12 heteroatoms. The van der Waals surface area contributed by atoms with Crippen molar-refractivity contribution in [2.75, 3.05) is 23.7 Å². The molecule has 0 aliphatic rings. The van der Waals surface area contributed by atoms with Crippen LogP contribution < -0.4 is 9.62 Å². The molecular weight excluding hydrogens is 523 g/mol. The predicted molar refractivity (Wildman–Crippen MR) is 133 cm³/mol. The summed E-state index contributed by atoms with van der Waals surface area (Å²) in [6.45, 7) is 4.88. The van der Waals surface area contributed by atoms with Gasteiger partial charge in [0.1, 0.15) is 12.6 Å². The van der Waals surface area contributed by atoms with E-state index in [0.717, 1.165) is 18.4 Å². The lowest BCUT2D eigenvalue weighted by Gasteiger charge is -2.31. The number of halogens is 4. The molecule has 2 aromatic rings. The zero-order valence-electron chi connectivity index (χ0n) is 19.7. The van der Waals surface area contributed by atoms with Crippen LogP contribution in [0.15, 0.2) is 36.4 Å². The number of hydrogen-bond acceptors (Lipinski definition) is 4. The highest BCUT2D eigenvalue weighted by Crippen LogP contribution is 2.25. The molecule has 0 bridgehead atoms. The van der Waals surface area contributed by atoms with Crippen LogP contribution in [0.3, 0.4) is 0 Å². The molecule has 2 aromatic carbocycles. The van der Waals surface area contributed by atoms with Crippen molar-refractivity contribution in [3.8, 4) is 0 Å². The lowest BCUT2D eigenvalue weighted by molar-refractivity contribution is -0.139. The van der Waals surface area contributed by atoms with Gasteiger partial charge in [-0.15, -0.1) is 0 Å². The van der Waals surface area contributed by atoms with Gasteiger partial charge in [-0.25, -0.2) is 17.2 Å². The average molecular weight is 550 g/mol. The molecule has 1 N–H and O–H groups in total. The molecule has 0 saturated heterocycles. The van der Waals surface area contributed by atoms with Crippen molar-refractivity contribution in [3.05, 3.63) is 63.6 Å². The van der Waals surface area contributed by atoms with Crippen molar-refractivity contribution < 1.29 is 26.8 Å². The second-order valence-electron chi connectivity index (χ2n) is 8.45. The van der Waals surface area contributed by atoms with Crippen LogP contribution in [0.5, 0.6) is 0 Å². The zero-order valence-corrected chi connectivity index (χ0v) is 22.0. The fourth-order valence-corrected chi connectivity index (χ4v) is 4.29. The van der Waals surface area contributed by atoms with Crippen LogP contribution in [0, 0.1) is 17.6 Å². The van der Waals surface area contributed by atoms with Gasteiger partial charge < -0.3 is 10.2 Å². The number of nitrogens with one attached hydrogen (secondary N) is 1. The third-order valence-electron chi connectivity index (χ3n) is 5.06. The van der Waals surface area contributed by atoms with Gasteiger partial charge in [-0.3, -0.25) is 13.9 Å². The summed E-state index contributed by atoms with van der Waals surface area (Å²) in [5, 5.41) is 3.30. The van der Waals surface area contributed by atoms with Gasteiger partial charge in [-0.2, -0.15) is 0 Å². The van der Waals surface area contributed by atoms with E-state index < -0.39 is 46.1 Å². The Labute approximate surface area is 214 Å². The van der Waals surface area contributed by atoms with E-state index in [1.54, 1.807) is 6.07 Å². The van der Waals surface area contributed by atoms with Crippen LogP contribution in [0.2, 0.25) is 10.0 Å². The topological polar surface area (TPSA) is 86.8 Å². The molecule has 35 heavy (non-hydrogen) atoms. The van der Waals surface area contributed by atoms with E-state index in [-0.39, 0.29) is 23.2 Å². The number of benzene rings is 2. The molecule has 0 fully saturated rings. The highest BCUT2D eigenvalue weighted by Gasteiger charge is 2.30. The van der Waals surface area contributed by atoms with E-state index in [1.807, 2.05) is 13.8 Å². The number of sulfonamides is 1. The normalized spacial score (nSPS) is 12.4. The first-order valence-electron chi connectivity index (χ1n) is 10.6. The van der Waals surface area contributed by atoms with E-state index >= 15 is 0 Å². The van der Waals surface area contributed by atoms with E-state index in [0.29, 0.717) is 27.5 Å². The quantitative estimate of drug-likeness (QED) is 0.480. The summed E-state index contributed by atoms with van der Waals surface area (Å²) in [6.07, 6.45) is 0.837. The first kappa shape index (κ1) is 28.8. The second kappa shape index (κ2) is 12.0. The molecule has 0 radical (unpaired) electrons. The monoisotopic (exact) mass is 549 g/mol. The SMILES string of the molecule is CC(C)CNC(=O)C(C)N(Cc1ccc(Cl)c(Cl)c1)C(=O)CN(c1ccc(F)c(F)c1)S(C)(=O)=O. The number of hydrogen-bond donors (Lipinski definition) is 1. The largest absolute Gasteiger partial charge is 0.354 e. The summed E-state index contributed by atoms with van der Waals surface area (Å²) in [5.74, 6) is -3.44.